The van der Waals surface area contributed by atoms with Gasteiger partial charge in [-0.1, -0.05) is 0 Å². The highest BCUT2D eigenvalue weighted by Gasteiger charge is 2.22. The number of methoxy groups -OCH3 is 1. The number of rotatable bonds is 6. The molecule has 0 saturated heterocycles. The fraction of sp³-hybridized carbons (Fsp3) is 0.500. The quantitative estimate of drug-likeness (QED) is 0.840. The van der Waals surface area contributed by atoms with Gasteiger partial charge in [-0.15, -0.1) is 0 Å². The molecule has 0 radical (unpaired) electrons. The minimum absolute atomic E-state index is 0.0435. The Morgan fingerprint density at radius 3 is 2.83 bits per heavy atom. The van der Waals surface area contributed by atoms with Gasteiger partial charge in [0.05, 0.1) is 12.6 Å². The van der Waals surface area contributed by atoms with Gasteiger partial charge in [0.1, 0.15) is 5.56 Å². The van der Waals surface area contributed by atoms with Crippen molar-refractivity contribution in [1.29, 1.82) is 0 Å². The van der Waals surface area contributed by atoms with Crippen LogP contribution in [0.1, 0.15) is 24.2 Å². The molecule has 0 amide bonds. The average Bonchev–Trinajstić information content (AvgIpc) is 2.32. The van der Waals surface area contributed by atoms with E-state index >= 15 is 0 Å². The normalized spacial score (nSPS) is 12.2. The topological polar surface area (TPSA) is 62.7 Å². The number of likely N-dealkylation sites (N-methyl/N-ethyl adjacent to an activating group) is 1. The van der Waals surface area contributed by atoms with Crippen molar-refractivity contribution in [3.63, 3.8) is 0 Å². The fourth-order valence-corrected chi connectivity index (χ4v) is 1.80. The summed E-state index contributed by atoms with van der Waals surface area (Å²) in [4.78, 5) is 16.5. The number of hydrogen-bond donors (Lipinski definition) is 1. The van der Waals surface area contributed by atoms with Crippen LogP contribution in [0, 0.1) is 5.82 Å². The summed E-state index contributed by atoms with van der Waals surface area (Å²) in [6.45, 7) is 4.63. The third kappa shape index (κ3) is 2.95. The van der Waals surface area contributed by atoms with Crippen LogP contribution in [0.5, 0.6) is 0 Å². The monoisotopic (exact) mass is 256 g/mol. The molecule has 0 saturated carbocycles. The van der Waals surface area contributed by atoms with Crippen LogP contribution in [0.3, 0.4) is 0 Å². The molecular weight excluding hydrogens is 239 g/mol. The summed E-state index contributed by atoms with van der Waals surface area (Å²) >= 11 is 0. The number of carboxylic acid groups (broad SMARTS) is 1. The first-order chi connectivity index (χ1) is 8.52. The van der Waals surface area contributed by atoms with Gasteiger partial charge >= 0.3 is 5.97 Å². The number of pyridine rings is 1. The molecular formula is C12H17FN2O3. The van der Waals surface area contributed by atoms with Gasteiger partial charge in [0.25, 0.3) is 0 Å². The molecule has 0 aromatic carbocycles. The standard InChI is InChI=1S/C12H17FN2O3/c1-4-15(8(2)7-18-3)11-10(13)9(12(16)17)5-6-14-11/h5-6,8H,4,7H2,1-3H3,(H,16,17). The van der Waals surface area contributed by atoms with E-state index in [1.807, 2.05) is 13.8 Å². The Morgan fingerprint density at radius 1 is 1.67 bits per heavy atom. The molecule has 6 heteroatoms. The second-order valence-corrected chi connectivity index (χ2v) is 3.89. The van der Waals surface area contributed by atoms with Gasteiger partial charge in [0, 0.05) is 19.9 Å². The maximum absolute atomic E-state index is 14.0. The Bertz CT molecular complexity index is 426. The van der Waals surface area contributed by atoms with Gasteiger partial charge in [-0.25, -0.2) is 14.2 Å². The minimum Gasteiger partial charge on any atom is -0.478 e. The zero-order valence-corrected chi connectivity index (χ0v) is 10.7. The lowest BCUT2D eigenvalue weighted by molar-refractivity contribution is 0.0691. The van der Waals surface area contributed by atoms with Crippen molar-refractivity contribution in [2.45, 2.75) is 19.9 Å². The zero-order chi connectivity index (χ0) is 13.7. The SMILES string of the molecule is CCN(c1nccc(C(=O)O)c1F)C(C)COC. The lowest BCUT2D eigenvalue weighted by Gasteiger charge is -2.29. The minimum atomic E-state index is -1.30. The number of aromatic nitrogens is 1. The molecule has 1 rings (SSSR count). The fourth-order valence-electron chi connectivity index (χ4n) is 1.80. The number of halogens is 1. The Labute approximate surface area is 105 Å². The number of carboxylic acids is 1. The number of hydrogen-bond acceptors (Lipinski definition) is 4. The number of ether oxygens (including phenoxy) is 1. The number of anilines is 1. The van der Waals surface area contributed by atoms with Crippen LogP contribution < -0.4 is 4.90 Å². The second-order valence-electron chi connectivity index (χ2n) is 3.89. The molecule has 0 fully saturated rings. The Kier molecular flexibility index (Phi) is 5.03. The molecule has 0 bridgehead atoms. The van der Waals surface area contributed by atoms with Crippen LogP contribution in [0.4, 0.5) is 10.2 Å². The van der Waals surface area contributed by atoms with E-state index in [1.54, 1.807) is 12.0 Å². The van der Waals surface area contributed by atoms with Crippen LogP contribution in [0.2, 0.25) is 0 Å². The summed E-state index contributed by atoms with van der Waals surface area (Å²) in [5, 5.41) is 8.88. The molecule has 0 aliphatic carbocycles. The van der Waals surface area contributed by atoms with E-state index in [0.717, 1.165) is 6.07 Å². The van der Waals surface area contributed by atoms with Crippen molar-refractivity contribution in [3.05, 3.63) is 23.6 Å². The lowest BCUT2D eigenvalue weighted by Crippen LogP contribution is -2.37. The summed E-state index contributed by atoms with van der Waals surface area (Å²) in [6, 6.07) is 1.06. The van der Waals surface area contributed by atoms with Crippen molar-refractivity contribution >= 4 is 11.8 Å². The average molecular weight is 256 g/mol. The first kappa shape index (κ1) is 14.4. The number of carbonyl (C=O) groups is 1. The molecule has 0 spiro atoms. The molecule has 100 valence electrons. The van der Waals surface area contributed by atoms with Gasteiger partial charge in [0.2, 0.25) is 0 Å². The van der Waals surface area contributed by atoms with Gasteiger partial charge in [-0.05, 0) is 19.9 Å². The van der Waals surface area contributed by atoms with Crippen LogP contribution in [0.15, 0.2) is 12.3 Å². The van der Waals surface area contributed by atoms with Crippen LogP contribution in [-0.2, 0) is 4.74 Å². The summed E-state index contributed by atoms with van der Waals surface area (Å²) in [6.07, 6.45) is 1.30. The van der Waals surface area contributed by atoms with Gasteiger partial charge in [0.15, 0.2) is 11.6 Å². The number of nitrogens with zero attached hydrogens (tertiary/aromatic N) is 2. The highest BCUT2D eigenvalue weighted by Crippen LogP contribution is 2.21. The highest BCUT2D eigenvalue weighted by molar-refractivity contribution is 5.88. The maximum atomic E-state index is 14.0. The van der Waals surface area contributed by atoms with E-state index < -0.39 is 11.8 Å². The molecule has 1 N–H and O–H groups in total. The summed E-state index contributed by atoms with van der Waals surface area (Å²) < 4.78 is 19.1. The molecule has 1 heterocycles. The summed E-state index contributed by atoms with van der Waals surface area (Å²) in [7, 11) is 1.56. The summed E-state index contributed by atoms with van der Waals surface area (Å²) in [5.74, 6) is -2.07. The van der Waals surface area contributed by atoms with Crippen molar-refractivity contribution in [2.24, 2.45) is 0 Å². The predicted molar refractivity (Wildman–Crippen MR) is 65.5 cm³/mol. The van der Waals surface area contributed by atoms with Crippen LogP contribution >= 0.6 is 0 Å². The molecule has 18 heavy (non-hydrogen) atoms. The smallest absolute Gasteiger partial charge is 0.338 e. The zero-order valence-electron chi connectivity index (χ0n) is 10.7. The van der Waals surface area contributed by atoms with Gasteiger partial charge in [-0.2, -0.15) is 0 Å². The Hall–Kier alpha value is -1.69. The lowest BCUT2D eigenvalue weighted by atomic mass is 10.2. The van der Waals surface area contributed by atoms with Crippen molar-refractivity contribution in [1.82, 2.24) is 4.98 Å². The number of aromatic carboxylic acids is 1. The molecule has 1 atom stereocenters. The van der Waals surface area contributed by atoms with Crippen molar-refractivity contribution in [2.75, 3.05) is 25.2 Å². The van der Waals surface area contributed by atoms with Crippen molar-refractivity contribution < 1.29 is 19.0 Å². The molecule has 1 aromatic heterocycles. The van der Waals surface area contributed by atoms with E-state index in [4.69, 9.17) is 9.84 Å². The van der Waals surface area contributed by atoms with E-state index in [1.165, 1.54) is 6.20 Å². The Morgan fingerprint density at radius 2 is 2.33 bits per heavy atom. The third-order valence-electron chi connectivity index (χ3n) is 2.65. The first-order valence-electron chi connectivity index (χ1n) is 5.66. The molecule has 1 aromatic rings. The van der Waals surface area contributed by atoms with Gasteiger partial charge in [-0.3, -0.25) is 0 Å². The summed E-state index contributed by atoms with van der Waals surface area (Å²) in [5.41, 5.74) is -0.372. The molecule has 0 aliphatic heterocycles. The Balaban J connectivity index is 3.14. The van der Waals surface area contributed by atoms with E-state index in [2.05, 4.69) is 4.98 Å². The largest absolute Gasteiger partial charge is 0.478 e. The highest BCUT2D eigenvalue weighted by atomic mass is 19.1. The van der Waals surface area contributed by atoms with Crippen LogP contribution in [-0.4, -0.2) is 42.4 Å². The predicted octanol–water partition coefficient (Wildman–Crippen LogP) is 1.78. The molecule has 5 nitrogen and oxygen atoms in total. The maximum Gasteiger partial charge on any atom is 0.338 e. The molecule has 1 unspecified atom stereocenters. The second kappa shape index (κ2) is 6.30. The van der Waals surface area contributed by atoms with Crippen LogP contribution in [0.25, 0.3) is 0 Å². The van der Waals surface area contributed by atoms with E-state index in [0.29, 0.717) is 13.2 Å². The van der Waals surface area contributed by atoms with E-state index in [-0.39, 0.29) is 17.4 Å². The first-order valence-corrected chi connectivity index (χ1v) is 5.66. The van der Waals surface area contributed by atoms with E-state index in [9.17, 15) is 9.18 Å². The van der Waals surface area contributed by atoms with Gasteiger partial charge < -0.3 is 14.7 Å². The molecule has 0 aliphatic rings. The van der Waals surface area contributed by atoms with Crippen molar-refractivity contribution in [3.8, 4) is 0 Å². The third-order valence-corrected chi connectivity index (χ3v) is 2.65.